The highest BCUT2D eigenvalue weighted by Gasteiger charge is 2.19. The highest BCUT2D eigenvalue weighted by Crippen LogP contribution is 2.33. The second kappa shape index (κ2) is 5.82. The van der Waals surface area contributed by atoms with Crippen molar-refractivity contribution in [2.24, 2.45) is 0 Å². The molecule has 0 aliphatic heterocycles. The van der Waals surface area contributed by atoms with Crippen molar-refractivity contribution in [1.29, 1.82) is 0 Å². The summed E-state index contributed by atoms with van der Waals surface area (Å²) < 4.78 is 0. The van der Waals surface area contributed by atoms with E-state index < -0.39 is 11.0 Å². The zero-order valence-corrected chi connectivity index (χ0v) is 13.0. The molecular formula is C19H17NO3. The van der Waals surface area contributed by atoms with Gasteiger partial charge in [0.25, 0.3) is 5.69 Å². The molecule has 3 aromatic carbocycles. The van der Waals surface area contributed by atoms with E-state index >= 15 is 0 Å². The van der Waals surface area contributed by atoms with Crippen molar-refractivity contribution in [3.8, 4) is 0 Å². The van der Waals surface area contributed by atoms with Gasteiger partial charge in [0.15, 0.2) is 0 Å². The molecule has 0 unspecified atom stereocenters. The van der Waals surface area contributed by atoms with Gasteiger partial charge in [-0.25, -0.2) is 0 Å². The van der Waals surface area contributed by atoms with Gasteiger partial charge < -0.3 is 5.11 Å². The van der Waals surface area contributed by atoms with Gasteiger partial charge in [0, 0.05) is 11.6 Å². The molecule has 0 heterocycles. The molecule has 4 heteroatoms. The maximum absolute atomic E-state index is 10.9. The first-order valence-electron chi connectivity index (χ1n) is 7.40. The Morgan fingerprint density at radius 1 is 1.00 bits per heavy atom. The number of aryl methyl sites for hydroxylation is 2. The molecular weight excluding hydrogens is 290 g/mol. The van der Waals surface area contributed by atoms with Crippen molar-refractivity contribution in [3.05, 3.63) is 87.0 Å². The first-order chi connectivity index (χ1) is 11.0. The maximum atomic E-state index is 10.9. The summed E-state index contributed by atoms with van der Waals surface area (Å²) in [5.74, 6) is 0. The second-order valence-electron chi connectivity index (χ2n) is 5.72. The Morgan fingerprint density at radius 3 is 2.43 bits per heavy atom. The Hall–Kier alpha value is -2.72. The topological polar surface area (TPSA) is 63.4 Å². The van der Waals surface area contributed by atoms with Crippen molar-refractivity contribution in [2.45, 2.75) is 20.0 Å². The van der Waals surface area contributed by atoms with Crippen LogP contribution in [0.25, 0.3) is 10.8 Å². The molecule has 0 aliphatic carbocycles. The van der Waals surface area contributed by atoms with Crippen LogP contribution in [0.5, 0.6) is 0 Å². The molecule has 0 aromatic heterocycles. The van der Waals surface area contributed by atoms with E-state index in [0.717, 1.165) is 21.9 Å². The summed E-state index contributed by atoms with van der Waals surface area (Å²) in [6.45, 7) is 3.65. The van der Waals surface area contributed by atoms with Crippen LogP contribution in [-0.4, -0.2) is 10.0 Å². The van der Waals surface area contributed by atoms with Gasteiger partial charge in [0.05, 0.1) is 4.92 Å². The summed E-state index contributed by atoms with van der Waals surface area (Å²) in [5.41, 5.74) is 3.11. The molecule has 0 fully saturated rings. The average Bonchev–Trinajstić information content (AvgIpc) is 2.53. The third-order valence-corrected chi connectivity index (χ3v) is 4.20. The summed E-state index contributed by atoms with van der Waals surface area (Å²) in [6, 6.07) is 16.7. The van der Waals surface area contributed by atoms with Gasteiger partial charge in [-0.15, -0.1) is 0 Å². The van der Waals surface area contributed by atoms with Gasteiger partial charge in [-0.1, -0.05) is 36.4 Å². The van der Waals surface area contributed by atoms with Crippen molar-refractivity contribution >= 4 is 16.5 Å². The Labute approximate surface area is 134 Å². The van der Waals surface area contributed by atoms with E-state index in [1.807, 2.05) is 43.3 Å². The lowest BCUT2D eigenvalue weighted by Crippen LogP contribution is -2.04. The van der Waals surface area contributed by atoms with Gasteiger partial charge in [0.2, 0.25) is 0 Å². The number of hydrogen-bond donors (Lipinski definition) is 1. The molecule has 116 valence electrons. The smallest absolute Gasteiger partial charge is 0.272 e. The molecule has 1 atom stereocenters. The molecule has 1 N–H and O–H groups in total. The molecule has 0 bridgehead atoms. The van der Waals surface area contributed by atoms with Gasteiger partial charge >= 0.3 is 0 Å². The Balaban J connectivity index is 2.14. The van der Waals surface area contributed by atoms with E-state index in [4.69, 9.17) is 0 Å². The quantitative estimate of drug-likeness (QED) is 0.574. The van der Waals surface area contributed by atoms with Crippen LogP contribution >= 0.6 is 0 Å². The monoisotopic (exact) mass is 307 g/mol. The number of nitro groups is 1. The molecule has 3 rings (SSSR count). The van der Waals surface area contributed by atoms with Crippen molar-refractivity contribution in [1.82, 2.24) is 0 Å². The minimum Gasteiger partial charge on any atom is -0.384 e. The summed E-state index contributed by atoms with van der Waals surface area (Å²) in [7, 11) is 0. The summed E-state index contributed by atoms with van der Waals surface area (Å²) in [5, 5.41) is 23.9. The van der Waals surface area contributed by atoms with Gasteiger partial charge in [0.1, 0.15) is 6.10 Å². The van der Waals surface area contributed by atoms with Crippen LogP contribution in [0.2, 0.25) is 0 Å². The summed E-state index contributed by atoms with van der Waals surface area (Å²) in [4.78, 5) is 10.5. The standard InChI is InChI=1S/C19H17NO3/c1-12-7-8-14-5-3-4-6-16(14)18(12)19(21)15-9-10-17(20(22)23)13(2)11-15/h3-11,19,21H,1-2H3/t19-/m1/s1. The third-order valence-electron chi connectivity index (χ3n) is 4.20. The number of benzene rings is 3. The van der Waals surface area contributed by atoms with Crippen LogP contribution in [0, 0.1) is 24.0 Å². The number of aliphatic hydroxyl groups is 1. The zero-order valence-electron chi connectivity index (χ0n) is 13.0. The first-order valence-corrected chi connectivity index (χ1v) is 7.40. The molecule has 0 saturated carbocycles. The fraction of sp³-hybridized carbons (Fsp3) is 0.158. The molecule has 3 aromatic rings. The van der Waals surface area contributed by atoms with Gasteiger partial charge in [-0.05, 0) is 53.4 Å². The Morgan fingerprint density at radius 2 is 1.74 bits per heavy atom. The Kier molecular flexibility index (Phi) is 3.84. The van der Waals surface area contributed by atoms with E-state index in [1.54, 1.807) is 19.1 Å². The van der Waals surface area contributed by atoms with Crippen LogP contribution in [-0.2, 0) is 0 Å². The minimum atomic E-state index is -0.819. The zero-order chi connectivity index (χ0) is 16.6. The summed E-state index contributed by atoms with van der Waals surface area (Å²) >= 11 is 0. The lowest BCUT2D eigenvalue weighted by atomic mass is 9.91. The number of aliphatic hydroxyl groups excluding tert-OH is 1. The van der Waals surface area contributed by atoms with Crippen LogP contribution in [0.4, 0.5) is 5.69 Å². The second-order valence-corrected chi connectivity index (χ2v) is 5.72. The van der Waals surface area contributed by atoms with Crippen molar-refractivity contribution in [2.75, 3.05) is 0 Å². The number of rotatable bonds is 3. The van der Waals surface area contributed by atoms with E-state index in [2.05, 4.69) is 0 Å². The molecule has 0 amide bonds. The highest BCUT2D eigenvalue weighted by atomic mass is 16.6. The van der Waals surface area contributed by atoms with E-state index in [1.165, 1.54) is 6.07 Å². The van der Waals surface area contributed by atoms with Gasteiger partial charge in [-0.3, -0.25) is 10.1 Å². The highest BCUT2D eigenvalue weighted by molar-refractivity contribution is 5.87. The third kappa shape index (κ3) is 2.69. The predicted molar refractivity (Wildman–Crippen MR) is 90.6 cm³/mol. The molecule has 23 heavy (non-hydrogen) atoms. The van der Waals surface area contributed by atoms with Gasteiger partial charge in [-0.2, -0.15) is 0 Å². The molecule has 0 saturated heterocycles. The first kappa shape index (κ1) is 15.2. The molecule has 0 spiro atoms. The maximum Gasteiger partial charge on any atom is 0.272 e. The van der Waals surface area contributed by atoms with E-state index in [-0.39, 0.29) is 5.69 Å². The SMILES string of the molecule is Cc1cc([C@@H](O)c2c(C)ccc3ccccc23)ccc1[N+](=O)[O-]. The fourth-order valence-electron chi connectivity index (χ4n) is 2.99. The number of nitrogens with zero attached hydrogens (tertiary/aromatic N) is 1. The minimum absolute atomic E-state index is 0.0654. The van der Waals surface area contributed by atoms with E-state index in [0.29, 0.717) is 11.1 Å². The largest absolute Gasteiger partial charge is 0.384 e. The van der Waals surface area contributed by atoms with Crippen molar-refractivity contribution in [3.63, 3.8) is 0 Å². The average molecular weight is 307 g/mol. The number of fused-ring (bicyclic) bond motifs is 1. The molecule has 0 radical (unpaired) electrons. The van der Waals surface area contributed by atoms with Crippen LogP contribution in [0.3, 0.4) is 0 Å². The van der Waals surface area contributed by atoms with Crippen molar-refractivity contribution < 1.29 is 10.0 Å². The van der Waals surface area contributed by atoms with Crippen LogP contribution < -0.4 is 0 Å². The van der Waals surface area contributed by atoms with E-state index in [9.17, 15) is 15.2 Å². The molecule has 0 aliphatic rings. The lowest BCUT2D eigenvalue weighted by Gasteiger charge is -2.17. The van der Waals surface area contributed by atoms with Crippen LogP contribution in [0.15, 0.2) is 54.6 Å². The normalized spacial score (nSPS) is 12.3. The molecule has 4 nitrogen and oxygen atoms in total. The van der Waals surface area contributed by atoms with Crippen LogP contribution in [0.1, 0.15) is 28.4 Å². The number of nitro benzene ring substituents is 1. The number of hydrogen-bond acceptors (Lipinski definition) is 3. The predicted octanol–water partition coefficient (Wildman–Crippen LogP) is 4.45. The fourth-order valence-corrected chi connectivity index (χ4v) is 2.99. The lowest BCUT2D eigenvalue weighted by molar-refractivity contribution is -0.385. The summed E-state index contributed by atoms with van der Waals surface area (Å²) in [6.07, 6.45) is -0.819. The Bertz CT molecular complexity index is 902.